The zero-order valence-electron chi connectivity index (χ0n) is 18.4. The van der Waals surface area contributed by atoms with Crippen LogP contribution in [0.15, 0.2) is 54.6 Å². The summed E-state index contributed by atoms with van der Waals surface area (Å²) in [5, 5.41) is 11.9. The molecule has 1 aromatic heterocycles. The van der Waals surface area contributed by atoms with Gasteiger partial charge in [-0.05, 0) is 49.6 Å². The number of hydrogen-bond donors (Lipinski definition) is 1. The van der Waals surface area contributed by atoms with Crippen molar-refractivity contribution in [2.45, 2.75) is 45.3 Å². The van der Waals surface area contributed by atoms with Crippen LogP contribution in [0.4, 0.5) is 0 Å². The zero-order valence-corrected chi connectivity index (χ0v) is 18.4. The Hall–Kier alpha value is -3.19. The van der Waals surface area contributed by atoms with Crippen LogP contribution in [-0.2, 0) is 24.3 Å². The summed E-state index contributed by atoms with van der Waals surface area (Å²) >= 11 is 0. The minimum Gasteiger partial charge on any atom is -0.457 e. The lowest BCUT2D eigenvalue weighted by Crippen LogP contribution is -2.31. The number of fused-ring (bicyclic) bond motifs is 1. The first-order valence-electron chi connectivity index (χ1n) is 11.4. The van der Waals surface area contributed by atoms with E-state index in [1.54, 1.807) is 0 Å². The number of benzene rings is 2. The number of carbonyl (C=O) groups is 1. The van der Waals surface area contributed by atoms with Gasteiger partial charge in [0, 0.05) is 38.5 Å². The van der Waals surface area contributed by atoms with Crippen molar-refractivity contribution in [2.75, 3.05) is 13.1 Å². The third-order valence-electron chi connectivity index (χ3n) is 6.13. The first-order valence-corrected chi connectivity index (χ1v) is 11.4. The van der Waals surface area contributed by atoms with Gasteiger partial charge >= 0.3 is 0 Å². The molecule has 2 aromatic carbocycles. The lowest BCUT2D eigenvalue weighted by molar-refractivity contribution is -0.123. The Morgan fingerprint density at radius 1 is 1.06 bits per heavy atom. The van der Waals surface area contributed by atoms with Crippen molar-refractivity contribution in [3.8, 4) is 11.5 Å². The van der Waals surface area contributed by atoms with Crippen LogP contribution in [0.5, 0.6) is 11.5 Å². The molecule has 0 saturated heterocycles. The Balaban J connectivity index is 1.21. The van der Waals surface area contributed by atoms with Gasteiger partial charge in [0.1, 0.15) is 17.3 Å². The summed E-state index contributed by atoms with van der Waals surface area (Å²) in [6.07, 6.45) is 2.85. The molecule has 3 aromatic rings. The molecule has 2 heterocycles. The maximum Gasteiger partial charge on any atom is 0.223 e. The third-order valence-corrected chi connectivity index (χ3v) is 6.13. The van der Waals surface area contributed by atoms with Crippen LogP contribution in [-0.4, -0.2) is 38.7 Å². The second-order valence-electron chi connectivity index (χ2n) is 8.72. The summed E-state index contributed by atoms with van der Waals surface area (Å²) in [6.45, 7) is 5.50. The lowest BCUT2D eigenvalue weighted by Gasteiger charge is -2.20. The van der Waals surface area contributed by atoms with E-state index in [4.69, 9.17) is 4.74 Å². The van der Waals surface area contributed by atoms with Gasteiger partial charge in [-0.25, -0.2) is 0 Å². The number of carbonyl (C=O) groups excluding carboxylic acids is 1. The van der Waals surface area contributed by atoms with Crippen LogP contribution in [0, 0.1) is 5.92 Å². The van der Waals surface area contributed by atoms with Gasteiger partial charge in [-0.2, -0.15) is 0 Å². The molecule has 1 saturated carbocycles. The molecule has 32 heavy (non-hydrogen) atoms. The molecule has 5 rings (SSSR count). The smallest absolute Gasteiger partial charge is 0.223 e. The first-order chi connectivity index (χ1) is 15.7. The molecule has 7 heteroatoms. The standard InChI is InChI=1S/C25H29N5O2/c1-18(26-25(31)20-10-11-20)24-28-27-23-12-13-29(14-15-30(23)24)17-19-6-5-9-22(16-19)32-21-7-3-2-4-8-21/h2-9,16,18,20H,10-15,17H2,1H3,(H,26,31)/t18-/m1/s1. The third kappa shape index (κ3) is 4.83. The fraction of sp³-hybridized carbons (Fsp3) is 0.400. The number of nitrogens with one attached hydrogen (secondary N) is 1. The molecule has 1 aliphatic heterocycles. The number of ether oxygens (including phenoxy) is 1. The van der Waals surface area contributed by atoms with Gasteiger partial charge in [-0.15, -0.1) is 10.2 Å². The van der Waals surface area contributed by atoms with Crippen LogP contribution < -0.4 is 10.1 Å². The van der Waals surface area contributed by atoms with Gasteiger partial charge in [0.05, 0.1) is 6.04 Å². The average molecular weight is 432 g/mol. The van der Waals surface area contributed by atoms with E-state index in [0.717, 1.165) is 68.6 Å². The predicted molar refractivity (Wildman–Crippen MR) is 121 cm³/mol. The SMILES string of the molecule is C[C@@H](NC(=O)C1CC1)c1nnc2n1CCN(Cc1cccc(Oc3ccccc3)c1)CC2. The molecule has 2 aliphatic rings. The predicted octanol–water partition coefficient (Wildman–Crippen LogP) is 3.72. The fourth-order valence-electron chi connectivity index (χ4n) is 4.20. The Labute approximate surface area is 188 Å². The van der Waals surface area contributed by atoms with Crippen LogP contribution in [0.25, 0.3) is 0 Å². The van der Waals surface area contributed by atoms with E-state index in [1.165, 1.54) is 5.56 Å². The van der Waals surface area contributed by atoms with E-state index in [2.05, 4.69) is 37.1 Å². The molecule has 166 valence electrons. The Morgan fingerprint density at radius 2 is 1.88 bits per heavy atom. The number of hydrogen-bond acceptors (Lipinski definition) is 5. The molecule has 7 nitrogen and oxygen atoms in total. The number of amides is 1. The van der Waals surface area contributed by atoms with Gasteiger partial charge in [0.25, 0.3) is 0 Å². The van der Waals surface area contributed by atoms with E-state index < -0.39 is 0 Å². The maximum atomic E-state index is 12.2. The highest BCUT2D eigenvalue weighted by Gasteiger charge is 2.31. The Bertz CT molecular complexity index is 1080. The van der Waals surface area contributed by atoms with Gasteiger partial charge in [-0.3, -0.25) is 9.69 Å². The van der Waals surface area contributed by atoms with Crippen molar-refractivity contribution in [1.82, 2.24) is 25.0 Å². The maximum absolute atomic E-state index is 12.2. The van der Waals surface area contributed by atoms with Crippen molar-refractivity contribution in [3.63, 3.8) is 0 Å². The summed E-state index contributed by atoms with van der Waals surface area (Å²) in [4.78, 5) is 14.6. The van der Waals surface area contributed by atoms with Gasteiger partial charge in [0.15, 0.2) is 5.82 Å². The zero-order chi connectivity index (χ0) is 21.9. The summed E-state index contributed by atoms with van der Waals surface area (Å²) in [5.74, 6) is 3.88. The first kappa shape index (κ1) is 20.7. The van der Waals surface area contributed by atoms with E-state index in [0.29, 0.717) is 0 Å². The summed E-state index contributed by atoms with van der Waals surface area (Å²) in [7, 11) is 0. The van der Waals surface area contributed by atoms with Crippen LogP contribution >= 0.6 is 0 Å². The molecule has 0 unspecified atom stereocenters. The molecule has 0 bridgehead atoms. The highest BCUT2D eigenvalue weighted by atomic mass is 16.5. The molecule has 1 fully saturated rings. The van der Waals surface area contributed by atoms with Crippen molar-refractivity contribution in [2.24, 2.45) is 5.92 Å². The Morgan fingerprint density at radius 3 is 2.69 bits per heavy atom. The van der Waals surface area contributed by atoms with E-state index >= 15 is 0 Å². The Kier molecular flexibility index (Phi) is 5.90. The quantitative estimate of drug-likeness (QED) is 0.617. The van der Waals surface area contributed by atoms with Crippen LogP contribution in [0.2, 0.25) is 0 Å². The molecule has 0 radical (unpaired) electrons. The second-order valence-corrected chi connectivity index (χ2v) is 8.72. The summed E-state index contributed by atoms with van der Waals surface area (Å²) in [5.41, 5.74) is 1.22. The number of aromatic nitrogens is 3. The second kappa shape index (κ2) is 9.12. The van der Waals surface area contributed by atoms with Crippen molar-refractivity contribution in [1.29, 1.82) is 0 Å². The minimum atomic E-state index is -0.122. The topological polar surface area (TPSA) is 72.3 Å². The molecular weight excluding hydrogens is 402 g/mol. The van der Waals surface area contributed by atoms with Gasteiger partial charge < -0.3 is 14.6 Å². The molecule has 1 N–H and O–H groups in total. The fourth-order valence-corrected chi connectivity index (χ4v) is 4.20. The molecule has 0 spiro atoms. The monoisotopic (exact) mass is 431 g/mol. The number of para-hydroxylation sites is 1. The van der Waals surface area contributed by atoms with Crippen LogP contribution in [0.3, 0.4) is 0 Å². The minimum absolute atomic E-state index is 0.122. The van der Waals surface area contributed by atoms with E-state index in [-0.39, 0.29) is 17.9 Å². The summed E-state index contributed by atoms with van der Waals surface area (Å²) in [6, 6.07) is 18.0. The van der Waals surface area contributed by atoms with Crippen molar-refractivity contribution >= 4 is 5.91 Å². The lowest BCUT2D eigenvalue weighted by atomic mass is 10.2. The van der Waals surface area contributed by atoms with Crippen molar-refractivity contribution < 1.29 is 9.53 Å². The number of nitrogens with zero attached hydrogens (tertiary/aromatic N) is 4. The van der Waals surface area contributed by atoms with E-state index in [1.807, 2.05) is 49.4 Å². The van der Waals surface area contributed by atoms with Gasteiger partial charge in [-0.1, -0.05) is 30.3 Å². The largest absolute Gasteiger partial charge is 0.457 e. The highest BCUT2D eigenvalue weighted by Crippen LogP contribution is 2.30. The van der Waals surface area contributed by atoms with Gasteiger partial charge in [0.2, 0.25) is 5.91 Å². The van der Waals surface area contributed by atoms with Crippen molar-refractivity contribution in [3.05, 3.63) is 71.8 Å². The molecule has 1 amide bonds. The highest BCUT2D eigenvalue weighted by molar-refractivity contribution is 5.81. The summed E-state index contributed by atoms with van der Waals surface area (Å²) < 4.78 is 8.18. The number of rotatable bonds is 7. The average Bonchev–Trinajstić information content (AvgIpc) is 3.60. The normalized spacial score (nSPS) is 17.3. The van der Waals surface area contributed by atoms with Crippen LogP contribution in [0.1, 0.15) is 43.0 Å². The molecule has 1 aliphatic carbocycles. The molecular formula is C25H29N5O2. The molecule has 1 atom stereocenters. The van der Waals surface area contributed by atoms with E-state index in [9.17, 15) is 4.79 Å².